The number of hydrogen-bond donors (Lipinski definition) is 1. The molecule has 2 heteroatoms. The van der Waals surface area contributed by atoms with Gasteiger partial charge in [0.25, 0.3) is 0 Å². The molecule has 1 radical (unpaired) electrons. The summed E-state index contributed by atoms with van der Waals surface area (Å²) in [6.07, 6.45) is 0. The van der Waals surface area contributed by atoms with Crippen LogP contribution in [0.1, 0.15) is 33.3 Å². The zero-order valence-corrected chi connectivity index (χ0v) is 13.0. The molecule has 0 heterocycles. The van der Waals surface area contributed by atoms with Gasteiger partial charge < -0.3 is 12.5 Å². The topological polar surface area (TPSA) is 20.2 Å². The summed E-state index contributed by atoms with van der Waals surface area (Å²) in [5, 5.41) is 8.54. The maximum Gasteiger partial charge on any atom is 0.0681 e. The predicted molar refractivity (Wildman–Crippen MR) is 61.5 cm³/mol. The predicted octanol–water partition coefficient (Wildman–Crippen LogP) is 3.68. The summed E-state index contributed by atoms with van der Waals surface area (Å²) in [5.41, 5.74) is 0.965. The summed E-state index contributed by atoms with van der Waals surface area (Å²) in [6, 6.07) is 9.52. The number of benzene rings is 1. The van der Waals surface area contributed by atoms with Crippen LogP contribution in [0.25, 0.3) is 0 Å². The van der Waals surface area contributed by atoms with E-state index in [0.717, 1.165) is 5.56 Å². The van der Waals surface area contributed by atoms with E-state index in [9.17, 15) is 0 Å². The van der Waals surface area contributed by atoms with Gasteiger partial charge >= 0.3 is 0 Å². The Labute approximate surface area is 115 Å². The van der Waals surface area contributed by atoms with Crippen LogP contribution in [0.15, 0.2) is 30.3 Å². The molecule has 1 aromatic rings. The first-order valence-electron chi connectivity index (χ1n) is 4.58. The van der Waals surface area contributed by atoms with E-state index in [2.05, 4.69) is 0 Å². The second-order valence-corrected chi connectivity index (χ2v) is 1.64. The Morgan fingerprint density at radius 2 is 1.29 bits per heavy atom. The molecule has 0 aliphatic carbocycles. The van der Waals surface area contributed by atoms with E-state index in [4.69, 9.17) is 5.11 Å². The van der Waals surface area contributed by atoms with Crippen LogP contribution < -0.4 is 0 Å². The molecule has 0 saturated heterocycles. The van der Waals surface area contributed by atoms with Gasteiger partial charge in [0, 0.05) is 32.7 Å². The Morgan fingerprint density at radius 1 is 0.929 bits per heavy atom. The molecule has 0 atom stereocenters. The number of hydrogen-bond acceptors (Lipinski definition) is 1. The average Bonchev–Trinajstić information content (AvgIpc) is 2.25. The van der Waals surface area contributed by atoms with Gasteiger partial charge in [-0.15, -0.1) is 0 Å². The summed E-state index contributed by atoms with van der Waals surface area (Å²) >= 11 is 0. The fourth-order valence-corrected chi connectivity index (χ4v) is 0.583. The first-order chi connectivity index (χ1) is 5.93. The molecule has 0 unspecified atom stereocenters. The van der Waals surface area contributed by atoms with Gasteiger partial charge in [-0.2, -0.15) is 0 Å². The second-order valence-electron chi connectivity index (χ2n) is 1.64. The fraction of sp³-hybridized carbons (Fsp3) is 0.417. The zero-order valence-electron chi connectivity index (χ0n) is 10.1. The molecule has 0 aliphatic heterocycles. The smallest absolute Gasteiger partial charge is 0.0681 e. The summed E-state index contributed by atoms with van der Waals surface area (Å²) in [5.74, 6) is 0. The summed E-state index contributed by atoms with van der Waals surface area (Å²) in [7, 11) is 0. The van der Waals surface area contributed by atoms with E-state index in [0.29, 0.717) is 0 Å². The van der Waals surface area contributed by atoms with Gasteiger partial charge in [0.1, 0.15) is 0 Å². The Hall–Kier alpha value is 0.284. The van der Waals surface area contributed by atoms with Crippen LogP contribution in [0.2, 0.25) is 0 Å². The normalized spacial score (nSPS) is 6.07. The molecule has 0 bridgehead atoms. The van der Waals surface area contributed by atoms with Crippen LogP contribution in [0.4, 0.5) is 0 Å². The van der Waals surface area contributed by atoms with Crippen LogP contribution >= 0.6 is 0 Å². The number of aliphatic hydroxyl groups excluding tert-OH is 1. The van der Waals surface area contributed by atoms with Gasteiger partial charge in [-0.1, -0.05) is 58.0 Å². The van der Waals surface area contributed by atoms with Gasteiger partial charge in [-0.25, -0.2) is 0 Å². The van der Waals surface area contributed by atoms with Crippen LogP contribution in [-0.4, -0.2) is 5.11 Å². The standard InChI is InChI=1S/C7H8O.2C2H6.CH3.Y/c8-6-7-4-2-1-3-5-7;2*1-2;;/h1-5,8H,6H2;2*1-2H3;1H3;/q;;;-1;. The minimum atomic E-state index is 0. The molecule has 0 amide bonds. The van der Waals surface area contributed by atoms with Crippen molar-refractivity contribution in [2.45, 2.75) is 34.3 Å². The van der Waals surface area contributed by atoms with E-state index >= 15 is 0 Å². The van der Waals surface area contributed by atoms with E-state index in [1.54, 1.807) is 0 Å². The van der Waals surface area contributed by atoms with Crippen molar-refractivity contribution in [1.29, 1.82) is 0 Å². The molecular formula is C12H23OY-. The van der Waals surface area contributed by atoms with Gasteiger partial charge in [0.2, 0.25) is 0 Å². The van der Waals surface area contributed by atoms with Crippen molar-refractivity contribution in [3.63, 3.8) is 0 Å². The number of aliphatic hydroxyl groups is 1. The van der Waals surface area contributed by atoms with Gasteiger partial charge in [-0.3, -0.25) is 0 Å². The van der Waals surface area contributed by atoms with Gasteiger partial charge in [0.05, 0.1) is 6.61 Å². The first kappa shape index (κ1) is 23.8. The second kappa shape index (κ2) is 23.3. The van der Waals surface area contributed by atoms with E-state index in [-0.39, 0.29) is 46.7 Å². The molecule has 0 spiro atoms. The maximum atomic E-state index is 8.54. The summed E-state index contributed by atoms with van der Waals surface area (Å²) < 4.78 is 0. The van der Waals surface area contributed by atoms with Crippen molar-refractivity contribution in [1.82, 2.24) is 0 Å². The Bertz CT molecular complexity index is 152. The van der Waals surface area contributed by atoms with E-state index < -0.39 is 0 Å². The molecule has 81 valence electrons. The molecule has 0 aromatic heterocycles. The molecule has 1 nitrogen and oxygen atoms in total. The van der Waals surface area contributed by atoms with Gasteiger partial charge in [-0.05, 0) is 5.56 Å². The Balaban J connectivity index is -0.0000000750. The van der Waals surface area contributed by atoms with Crippen molar-refractivity contribution in [3.05, 3.63) is 43.3 Å². The van der Waals surface area contributed by atoms with Crippen LogP contribution in [0, 0.1) is 7.43 Å². The van der Waals surface area contributed by atoms with Crippen molar-refractivity contribution in [2.24, 2.45) is 0 Å². The van der Waals surface area contributed by atoms with Crippen molar-refractivity contribution in [2.75, 3.05) is 0 Å². The zero-order chi connectivity index (χ0) is 9.82. The van der Waals surface area contributed by atoms with Gasteiger partial charge in [0.15, 0.2) is 0 Å². The van der Waals surface area contributed by atoms with Crippen molar-refractivity contribution in [3.8, 4) is 0 Å². The van der Waals surface area contributed by atoms with E-state index in [1.165, 1.54) is 0 Å². The van der Waals surface area contributed by atoms with E-state index in [1.807, 2.05) is 58.0 Å². The quantitative estimate of drug-likeness (QED) is 0.773. The first-order valence-corrected chi connectivity index (χ1v) is 4.58. The summed E-state index contributed by atoms with van der Waals surface area (Å²) in [6.45, 7) is 8.14. The van der Waals surface area contributed by atoms with Crippen molar-refractivity contribution < 1.29 is 37.8 Å². The SMILES string of the molecule is CC.CC.OCc1ccccc1.[CH3-].[Y]. The van der Waals surface area contributed by atoms with Crippen LogP contribution in [0.5, 0.6) is 0 Å². The molecule has 0 saturated carbocycles. The molecule has 14 heavy (non-hydrogen) atoms. The molecule has 1 rings (SSSR count). The third-order valence-electron chi connectivity index (χ3n) is 1.03. The molecule has 1 aromatic carbocycles. The Kier molecular flexibility index (Phi) is 39.6. The minimum Gasteiger partial charge on any atom is -0.392 e. The molecule has 0 aliphatic rings. The van der Waals surface area contributed by atoms with Crippen LogP contribution in [-0.2, 0) is 39.3 Å². The monoisotopic (exact) mass is 272 g/mol. The largest absolute Gasteiger partial charge is 0.392 e. The third-order valence-corrected chi connectivity index (χ3v) is 1.03. The Morgan fingerprint density at radius 3 is 1.50 bits per heavy atom. The molecule has 0 fully saturated rings. The minimum absolute atomic E-state index is 0. The average molecular weight is 272 g/mol. The fourth-order valence-electron chi connectivity index (χ4n) is 0.583. The molecule has 1 N–H and O–H groups in total. The maximum absolute atomic E-state index is 8.54. The van der Waals surface area contributed by atoms with Crippen molar-refractivity contribution >= 4 is 0 Å². The molecular weight excluding hydrogens is 249 g/mol. The third kappa shape index (κ3) is 14.8. The summed E-state index contributed by atoms with van der Waals surface area (Å²) in [4.78, 5) is 0. The number of rotatable bonds is 1. The van der Waals surface area contributed by atoms with Crippen LogP contribution in [0.3, 0.4) is 0 Å².